The Morgan fingerprint density at radius 1 is 1.29 bits per heavy atom. The molecule has 0 fully saturated rings. The maximum Gasteiger partial charge on any atom is 0.270 e. The topological polar surface area (TPSA) is 114 Å². The second kappa shape index (κ2) is 6.06. The third-order valence-corrected chi connectivity index (χ3v) is 3.48. The van der Waals surface area contributed by atoms with Crippen molar-refractivity contribution in [2.24, 2.45) is 0 Å². The first-order chi connectivity index (χ1) is 9.87. The molecule has 0 aliphatic rings. The Morgan fingerprint density at radius 2 is 2.00 bits per heavy atom. The molecule has 2 rings (SSSR count). The van der Waals surface area contributed by atoms with E-state index in [1.807, 2.05) is 18.2 Å². The molecule has 1 amide bonds. The molecule has 0 unspecified atom stereocenters. The van der Waals surface area contributed by atoms with E-state index in [0.29, 0.717) is 11.2 Å². The minimum atomic E-state index is -3.26. The van der Waals surface area contributed by atoms with Crippen LogP contribution in [0.5, 0.6) is 0 Å². The minimum absolute atomic E-state index is 0.119. The van der Waals surface area contributed by atoms with Gasteiger partial charge in [-0.3, -0.25) is 4.79 Å². The first kappa shape index (κ1) is 15.2. The minimum Gasteiger partial charge on any atom is -0.398 e. The molecule has 4 N–H and O–H groups in total. The van der Waals surface area contributed by atoms with Crippen molar-refractivity contribution in [3.8, 4) is 0 Å². The standard InChI is InChI=1S/C13H16N4O3S/c1-21(19,20)16-7-6-15-13(18)12-8-10(14)9-4-2-3-5-11(9)17-12/h2-5,8,16H,6-7H2,1H3,(H2,14,17)(H,15,18). The van der Waals surface area contributed by atoms with Gasteiger partial charge in [-0.05, 0) is 12.1 Å². The number of benzene rings is 1. The van der Waals surface area contributed by atoms with E-state index in [9.17, 15) is 13.2 Å². The summed E-state index contributed by atoms with van der Waals surface area (Å²) in [6.07, 6.45) is 1.06. The Balaban J connectivity index is 2.06. The Hall–Kier alpha value is -2.19. The number of rotatable bonds is 5. The van der Waals surface area contributed by atoms with Crippen LogP contribution in [0.25, 0.3) is 10.9 Å². The van der Waals surface area contributed by atoms with Gasteiger partial charge >= 0.3 is 0 Å². The number of pyridine rings is 1. The monoisotopic (exact) mass is 308 g/mol. The van der Waals surface area contributed by atoms with Gasteiger partial charge in [0, 0.05) is 24.2 Å². The average Bonchev–Trinajstić information content (AvgIpc) is 2.42. The molecule has 0 radical (unpaired) electrons. The third-order valence-electron chi connectivity index (χ3n) is 2.76. The fraction of sp³-hybridized carbons (Fsp3) is 0.231. The normalized spacial score (nSPS) is 11.5. The number of para-hydroxylation sites is 1. The average molecular weight is 308 g/mol. The Morgan fingerprint density at radius 3 is 2.71 bits per heavy atom. The summed E-state index contributed by atoms with van der Waals surface area (Å²) in [7, 11) is -3.26. The molecule has 21 heavy (non-hydrogen) atoms. The number of aromatic nitrogens is 1. The van der Waals surface area contributed by atoms with Crippen LogP contribution in [0.4, 0.5) is 5.69 Å². The molecule has 7 nitrogen and oxygen atoms in total. The summed E-state index contributed by atoms with van der Waals surface area (Å²) in [5.74, 6) is -0.400. The quantitative estimate of drug-likeness (QED) is 0.678. The van der Waals surface area contributed by atoms with Crippen molar-refractivity contribution in [1.29, 1.82) is 0 Å². The van der Waals surface area contributed by atoms with Crippen molar-refractivity contribution in [2.45, 2.75) is 0 Å². The van der Waals surface area contributed by atoms with Gasteiger partial charge in [-0.2, -0.15) is 0 Å². The molecule has 0 spiro atoms. The van der Waals surface area contributed by atoms with Crippen molar-refractivity contribution in [2.75, 3.05) is 25.1 Å². The number of carbonyl (C=O) groups is 1. The fourth-order valence-corrected chi connectivity index (χ4v) is 2.29. The number of nitrogens with one attached hydrogen (secondary N) is 2. The van der Waals surface area contributed by atoms with Crippen LogP contribution in [-0.4, -0.2) is 38.7 Å². The Bertz CT molecular complexity index is 774. The summed E-state index contributed by atoms with van der Waals surface area (Å²) in [6, 6.07) is 8.76. The van der Waals surface area contributed by atoms with E-state index >= 15 is 0 Å². The third kappa shape index (κ3) is 4.14. The van der Waals surface area contributed by atoms with Crippen molar-refractivity contribution >= 4 is 32.5 Å². The molecule has 0 saturated heterocycles. The fourth-order valence-electron chi connectivity index (χ4n) is 1.82. The van der Waals surface area contributed by atoms with E-state index in [1.54, 1.807) is 6.07 Å². The van der Waals surface area contributed by atoms with Crippen molar-refractivity contribution < 1.29 is 13.2 Å². The summed E-state index contributed by atoms with van der Waals surface area (Å²) in [5, 5.41) is 3.36. The van der Waals surface area contributed by atoms with Gasteiger partial charge < -0.3 is 11.1 Å². The Labute approximate surface area is 122 Å². The number of hydrogen-bond donors (Lipinski definition) is 3. The molecule has 8 heteroatoms. The molecular weight excluding hydrogens is 292 g/mol. The number of nitrogens with two attached hydrogens (primary N) is 1. The van der Waals surface area contributed by atoms with Gasteiger partial charge in [0.2, 0.25) is 10.0 Å². The van der Waals surface area contributed by atoms with Gasteiger partial charge in [0.15, 0.2) is 0 Å². The first-order valence-corrected chi connectivity index (χ1v) is 8.14. The predicted octanol–water partition coefficient (Wildman–Crippen LogP) is 0.0960. The van der Waals surface area contributed by atoms with E-state index in [2.05, 4.69) is 15.0 Å². The van der Waals surface area contributed by atoms with Crippen LogP contribution < -0.4 is 15.8 Å². The van der Waals surface area contributed by atoms with Crippen LogP contribution in [0.15, 0.2) is 30.3 Å². The van der Waals surface area contributed by atoms with Crippen LogP contribution in [-0.2, 0) is 10.0 Å². The van der Waals surface area contributed by atoms with E-state index in [-0.39, 0.29) is 18.8 Å². The highest BCUT2D eigenvalue weighted by atomic mass is 32.2. The summed E-state index contributed by atoms with van der Waals surface area (Å²) in [6.45, 7) is 0.286. The number of anilines is 1. The van der Waals surface area contributed by atoms with Crippen LogP contribution in [0.2, 0.25) is 0 Å². The van der Waals surface area contributed by atoms with E-state index in [1.165, 1.54) is 6.07 Å². The number of fused-ring (bicyclic) bond motifs is 1. The lowest BCUT2D eigenvalue weighted by atomic mass is 10.1. The lowest BCUT2D eigenvalue weighted by Gasteiger charge is -2.07. The van der Waals surface area contributed by atoms with Gasteiger partial charge in [-0.1, -0.05) is 18.2 Å². The van der Waals surface area contributed by atoms with Crippen LogP contribution in [0.1, 0.15) is 10.5 Å². The van der Waals surface area contributed by atoms with Crippen molar-refractivity contribution in [3.63, 3.8) is 0 Å². The molecule has 1 heterocycles. The van der Waals surface area contributed by atoms with Crippen molar-refractivity contribution in [3.05, 3.63) is 36.0 Å². The van der Waals surface area contributed by atoms with Crippen molar-refractivity contribution in [1.82, 2.24) is 15.0 Å². The number of nitrogens with zero attached hydrogens (tertiary/aromatic N) is 1. The summed E-state index contributed by atoms with van der Waals surface area (Å²) >= 11 is 0. The molecular formula is C13H16N4O3S. The Kier molecular flexibility index (Phi) is 4.39. The molecule has 0 aliphatic heterocycles. The molecule has 0 saturated carbocycles. The van der Waals surface area contributed by atoms with Gasteiger partial charge in [0.25, 0.3) is 5.91 Å². The predicted molar refractivity (Wildman–Crippen MR) is 81.3 cm³/mol. The number of sulfonamides is 1. The SMILES string of the molecule is CS(=O)(=O)NCCNC(=O)c1cc(N)c2ccccc2n1. The van der Waals surface area contributed by atoms with E-state index < -0.39 is 15.9 Å². The van der Waals surface area contributed by atoms with Gasteiger partial charge in [-0.25, -0.2) is 18.1 Å². The molecule has 0 bridgehead atoms. The molecule has 2 aromatic rings. The number of hydrogen-bond acceptors (Lipinski definition) is 5. The number of carbonyl (C=O) groups excluding carboxylic acids is 1. The molecule has 1 aromatic heterocycles. The summed E-state index contributed by atoms with van der Waals surface area (Å²) in [5.41, 5.74) is 7.20. The second-order valence-electron chi connectivity index (χ2n) is 4.54. The summed E-state index contributed by atoms with van der Waals surface area (Å²) < 4.78 is 24.1. The zero-order valence-corrected chi connectivity index (χ0v) is 12.3. The zero-order valence-electron chi connectivity index (χ0n) is 11.5. The lowest BCUT2D eigenvalue weighted by molar-refractivity contribution is 0.0950. The lowest BCUT2D eigenvalue weighted by Crippen LogP contribution is -2.34. The molecule has 112 valence electrons. The molecule has 0 atom stereocenters. The second-order valence-corrected chi connectivity index (χ2v) is 6.37. The number of amides is 1. The largest absolute Gasteiger partial charge is 0.398 e. The maximum atomic E-state index is 12.0. The zero-order chi connectivity index (χ0) is 15.5. The molecule has 0 aliphatic carbocycles. The highest BCUT2D eigenvalue weighted by molar-refractivity contribution is 7.88. The van der Waals surface area contributed by atoms with Gasteiger partial charge in [0.1, 0.15) is 5.69 Å². The van der Waals surface area contributed by atoms with E-state index in [4.69, 9.17) is 5.73 Å². The smallest absolute Gasteiger partial charge is 0.270 e. The van der Waals surface area contributed by atoms with Gasteiger partial charge in [-0.15, -0.1) is 0 Å². The summed E-state index contributed by atoms with van der Waals surface area (Å²) in [4.78, 5) is 16.2. The first-order valence-electron chi connectivity index (χ1n) is 6.25. The van der Waals surface area contributed by atoms with E-state index in [0.717, 1.165) is 11.6 Å². The highest BCUT2D eigenvalue weighted by Crippen LogP contribution is 2.19. The van der Waals surface area contributed by atoms with Crippen LogP contribution in [0, 0.1) is 0 Å². The highest BCUT2D eigenvalue weighted by Gasteiger charge is 2.10. The van der Waals surface area contributed by atoms with Crippen LogP contribution in [0.3, 0.4) is 0 Å². The maximum absolute atomic E-state index is 12.0. The van der Waals surface area contributed by atoms with Gasteiger partial charge in [0.05, 0.1) is 11.8 Å². The molecule has 1 aromatic carbocycles. The van der Waals surface area contributed by atoms with Crippen LogP contribution >= 0.6 is 0 Å². The number of nitrogen functional groups attached to an aromatic ring is 1.